The van der Waals surface area contributed by atoms with Gasteiger partial charge < -0.3 is 39.6 Å². The van der Waals surface area contributed by atoms with Crippen LogP contribution in [0, 0.1) is 20.8 Å². The molecule has 0 aliphatic rings. The van der Waals surface area contributed by atoms with E-state index in [4.69, 9.17) is 25.4 Å². The van der Waals surface area contributed by atoms with Crippen molar-refractivity contribution in [3.8, 4) is 11.5 Å². The van der Waals surface area contributed by atoms with E-state index >= 15 is 0 Å². The van der Waals surface area contributed by atoms with E-state index in [2.05, 4.69) is 25.4 Å². The van der Waals surface area contributed by atoms with Crippen LogP contribution in [0.3, 0.4) is 0 Å². The molecule has 6 N–H and O–H groups in total. The number of methoxy groups -OCH3 is 1. The maximum atomic E-state index is 13.6. The molecule has 0 saturated carbocycles. The Kier molecular flexibility index (Phi) is 11.5. The Balaban J connectivity index is 1.44. The number of ether oxygens (including phenoxy) is 2. The van der Waals surface area contributed by atoms with Crippen LogP contribution in [-0.4, -0.2) is 77.9 Å². The van der Waals surface area contributed by atoms with Gasteiger partial charge in [-0.2, -0.15) is 10.1 Å². The highest BCUT2D eigenvalue weighted by Gasteiger charge is 2.23. The van der Waals surface area contributed by atoms with Crippen LogP contribution in [-0.2, 0) is 19.6 Å². The van der Waals surface area contributed by atoms with Crippen LogP contribution in [0.15, 0.2) is 51.9 Å². The molecule has 0 atom stereocenters. The summed E-state index contributed by atoms with van der Waals surface area (Å²) in [7, 11) is 1.47. The SMILES string of the molecule is CCn1nc(C)cc1C(=O)N=c1sc2cc(C(N)=O)cc(OC)c2n1C/C=C/Cn1c(NC(=O)c2oc(C)nc2C)nc2cc(C(N)=O)cc(OCCCO)c21. The minimum Gasteiger partial charge on any atom is -0.494 e. The summed E-state index contributed by atoms with van der Waals surface area (Å²) in [4.78, 5) is 65.1. The summed E-state index contributed by atoms with van der Waals surface area (Å²) in [5.74, 6) is -1.42. The van der Waals surface area contributed by atoms with Crippen molar-refractivity contribution in [2.24, 2.45) is 16.5 Å². The largest absolute Gasteiger partial charge is 0.494 e. The second-order valence-corrected chi connectivity index (χ2v) is 13.5. The van der Waals surface area contributed by atoms with Crippen molar-refractivity contribution in [1.82, 2.24) is 28.9 Å². The van der Waals surface area contributed by atoms with E-state index in [1.807, 2.05) is 19.1 Å². The lowest BCUT2D eigenvalue weighted by atomic mass is 10.1. The molecule has 2 aromatic carbocycles. The van der Waals surface area contributed by atoms with Crippen LogP contribution < -0.4 is 31.1 Å². The van der Waals surface area contributed by atoms with Crippen molar-refractivity contribution in [3.05, 3.63) is 87.1 Å². The smallest absolute Gasteiger partial charge is 0.297 e. The summed E-state index contributed by atoms with van der Waals surface area (Å²) in [6, 6.07) is 7.80. The number of primary amides is 2. The number of nitrogens with one attached hydrogen (secondary N) is 1. The maximum Gasteiger partial charge on any atom is 0.297 e. The summed E-state index contributed by atoms with van der Waals surface area (Å²) in [5, 5.41) is 16.6. The standard InChI is InChI=1S/C37H40N10O8S/c1-6-47-25(14-19(2)44-47)34(51)43-37-46(30-26(53-5)16-23(33(39)50)18-28(30)56-37)11-8-7-10-45-29-24(15-22(32(38)49)17-27(29)54-13-9-12-48)41-36(45)42-35(52)31-20(3)40-21(4)55-31/h7-8,14-18,48H,6,9-13H2,1-5H3,(H2,38,49)(H2,39,50)(H,41,42,52)/b8-7+,43-37?. The number of aliphatic hydroxyl groups excluding tert-OH is 1. The molecule has 0 saturated heterocycles. The average molecular weight is 785 g/mol. The molecule has 0 aliphatic heterocycles. The molecular weight excluding hydrogens is 745 g/mol. The van der Waals surface area contributed by atoms with Gasteiger partial charge in [0.2, 0.25) is 23.5 Å². The molecule has 0 bridgehead atoms. The first-order valence-corrected chi connectivity index (χ1v) is 18.3. The van der Waals surface area contributed by atoms with Crippen LogP contribution in [0.25, 0.3) is 21.3 Å². The van der Waals surface area contributed by atoms with Crippen LogP contribution in [0.1, 0.15) is 72.4 Å². The summed E-state index contributed by atoms with van der Waals surface area (Å²) in [6.45, 7) is 7.72. The molecule has 0 fully saturated rings. The molecular formula is C37H40N10O8S. The summed E-state index contributed by atoms with van der Waals surface area (Å²) in [6.07, 6.45) is 3.95. The summed E-state index contributed by atoms with van der Waals surface area (Å²) >= 11 is 1.19. The van der Waals surface area contributed by atoms with E-state index in [1.54, 1.807) is 46.7 Å². The van der Waals surface area contributed by atoms with Crippen LogP contribution >= 0.6 is 11.3 Å². The van der Waals surface area contributed by atoms with Crippen molar-refractivity contribution in [2.75, 3.05) is 25.6 Å². The summed E-state index contributed by atoms with van der Waals surface area (Å²) in [5.41, 5.74) is 14.3. The van der Waals surface area contributed by atoms with Crippen molar-refractivity contribution in [2.45, 2.75) is 53.8 Å². The second kappa shape index (κ2) is 16.4. The van der Waals surface area contributed by atoms with Gasteiger partial charge >= 0.3 is 0 Å². The highest BCUT2D eigenvalue weighted by atomic mass is 32.1. The van der Waals surface area contributed by atoms with Gasteiger partial charge in [0.1, 0.15) is 28.2 Å². The highest BCUT2D eigenvalue weighted by Crippen LogP contribution is 2.32. The Morgan fingerprint density at radius 2 is 1.66 bits per heavy atom. The molecule has 0 aliphatic carbocycles. The van der Waals surface area contributed by atoms with Crippen molar-refractivity contribution >= 4 is 62.2 Å². The molecule has 4 aromatic heterocycles. The second-order valence-electron chi connectivity index (χ2n) is 12.5. The number of rotatable bonds is 15. The number of amides is 4. The molecule has 4 heterocycles. The number of carbonyl (C=O) groups excluding carboxylic acids is 4. The number of hydrogen-bond acceptors (Lipinski definition) is 12. The Morgan fingerprint density at radius 3 is 2.30 bits per heavy atom. The zero-order chi connectivity index (χ0) is 40.3. The van der Waals surface area contributed by atoms with E-state index in [1.165, 1.54) is 36.6 Å². The van der Waals surface area contributed by atoms with Gasteiger partial charge in [0.25, 0.3) is 11.8 Å². The molecule has 6 aromatic rings. The van der Waals surface area contributed by atoms with E-state index in [9.17, 15) is 24.3 Å². The summed E-state index contributed by atoms with van der Waals surface area (Å²) < 4.78 is 22.9. The van der Waals surface area contributed by atoms with Crippen molar-refractivity contribution < 1.29 is 38.2 Å². The van der Waals surface area contributed by atoms with Gasteiger partial charge in [-0.1, -0.05) is 23.5 Å². The minimum absolute atomic E-state index is 0.00560. The van der Waals surface area contributed by atoms with Gasteiger partial charge in [0.05, 0.1) is 35.3 Å². The van der Waals surface area contributed by atoms with Gasteiger partial charge in [-0.05, 0) is 51.1 Å². The number of oxazole rings is 1. The minimum atomic E-state index is -0.709. The Labute approximate surface area is 323 Å². The van der Waals surface area contributed by atoms with Gasteiger partial charge in [0, 0.05) is 50.7 Å². The number of aryl methyl sites for hydroxylation is 4. The quantitative estimate of drug-likeness (QED) is 0.0868. The van der Waals surface area contributed by atoms with Gasteiger partial charge in [-0.25, -0.2) is 9.97 Å². The van der Waals surface area contributed by atoms with Gasteiger partial charge in [0.15, 0.2) is 10.7 Å². The van der Waals surface area contributed by atoms with Gasteiger partial charge in [-0.3, -0.25) is 29.2 Å². The zero-order valence-electron chi connectivity index (χ0n) is 31.3. The maximum absolute atomic E-state index is 13.6. The number of aromatic nitrogens is 6. The Hall–Kier alpha value is -6.60. The number of carbonyl (C=O) groups is 4. The fourth-order valence-corrected chi connectivity index (χ4v) is 7.19. The number of thiazole rings is 1. The lowest BCUT2D eigenvalue weighted by molar-refractivity contribution is 0.0981. The fourth-order valence-electron chi connectivity index (χ4n) is 6.09. The van der Waals surface area contributed by atoms with Crippen LogP contribution in [0.5, 0.6) is 11.5 Å². The average Bonchev–Trinajstić information content (AvgIpc) is 3.91. The number of anilines is 1. The molecule has 18 nitrogen and oxygen atoms in total. The van der Waals surface area contributed by atoms with E-state index < -0.39 is 23.6 Å². The molecule has 0 radical (unpaired) electrons. The third kappa shape index (κ3) is 7.94. The first kappa shape index (κ1) is 39.1. The molecule has 56 heavy (non-hydrogen) atoms. The molecule has 4 amide bonds. The monoisotopic (exact) mass is 784 g/mol. The van der Waals surface area contributed by atoms with Crippen molar-refractivity contribution in [3.63, 3.8) is 0 Å². The van der Waals surface area contributed by atoms with E-state index in [0.29, 0.717) is 67.7 Å². The highest BCUT2D eigenvalue weighted by molar-refractivity contribution is 7.16. The number of nitrogens with zero attached hydrogens (tertiary/aromatic N) is 7. The number of imidazole rings is 1. The molecule has 6 rings (SSSR count). The first-order valence-electron chi connectivity index (χ1n) is 17.5. The van der Waals surface area contributed by atoms with E-state index in [-0.39, 0.29) is 54.9 Å². The fraction of sp³-hybridized carbons (Fsp3) is 0.297. The molecule has 292 valence electrons. The first-order chi connectivity index (χ1) is 26.8. The third-order valence-corrected chi connectivity index (χ3v) is 9.62. The Bertz CT molecular complexity index is 2610. The number of fused-ring (bicyclic) bond motifs is 2. The van der Waals surface area contributed by atoms with Crippen LogP contribution in [0.4, 0.5) is 5.95 Å². The number of hydrogen-bond donors (Lipinski definition) is 4. The normalized spacial score (nSPS) is 11.9. The predicted octanol–water partition coefficient (Wildman–Crippen LogP) is 3.40. The Morgan fingerprint density at radius 1 is 0.964 bits per heavy atom. The molecule has 0 spiro atoms. The number of aliphatic hydroxyl groups is 1. The number of allylic oxidation sites excluding steroid dienone is 2. The topological polar surface area (TPSA) is 250 Å². The number of nitrogens with two attached hydrogens (primary N) is 2. The van der Waals surface area contributed by atoms with Gasteiger partial charge in [-0.15, -0.1) is 0 Å². The lowest BCUT2D eigenvalue weighted by Gasteiger charge is -2.12. The predicted molar refractivity (Wildman–Crippen MR) is 206 cm³/mol. The van der Waals surface area contributed by atoms with E-state index in [0.717, 1.165) is 0 Å². The third-order valence-electron chi connectivity index (χ3n) is 8.59. The molecule has 0 unspecified atom stereocenters. The number of benzene rings is 2. The van der Waals surface area contributed by atoms with Crippen LogP contribution in [0.2, 0.25) is 0 Å². The lowest BCUT2D eigenvalue weighted by Crippen LogP contribution is -2.18. The zero-order valence-corrected chi connectivity index (χ0v) is 32.1. The molecule has 19 heteroatoms. The van der Waals surface area contributed by atoms with Crippen molar-refractivity contribution in [1.29, 1.82) is 0 Å².